The molecule has 3 rings (SSSR count). The molecule has 0 bridgehead atoms. The van der Waals surface area contributed by atoms with Crippen molar-refractivity contribution in [1.29, 1.82) is 0 Å². The van der Waals surface area contributed by atoms with Crippen LogP contribution in [-0.4, -0.2) is 46.1 Å². The molecule has 0 amide bonds. The lowest BCUT2D eigenvalue weighted by molar-refractivity contribution is 0.374. The zero-order chi connectivity index (χ0) is 19.6. The zero-order valence-electron chi connectivity index (χ0n) is 15.7. The monoisotopic (exact) mass is 390 g/mol. The maximum absolute atomic E-state index is 12.3. The van der Waals surface area contributed by atoms with Crippen molar-refractivity contribution >= 4 is 15.7 Å². The van der Waals surface area contributed by atoms with E-state index in [4.69, 9.17) is 14.2 Å². The van der Waals surface area contributed by atoms with E-state index in [1.807, 2.05) is 36.4 Å². The Balaban J connectivity index is 2.01. The van der Waals surface area contributed by atoms with Crippen molar-refractivity contribution in [3.05, 3.63) is 53.6 Å². The minimum absolute atomic E-state index is 0.418. The maximum Gasteiger partial charge on any atom is 0.247 e. The molecule has 0 fully saturated rings. The number of methoxy groups -OCH3 is 3. The van der Waals surface area contributed by atoms with Gasteiger partial charge in [-0.25, -0.2) is 8.42 Å². The summed E-state index contributed by atoms with van der Waals surface area (Å²) in [5.41, 5.74) is 2.25. The second kappa shape index (κ2) is 7.48. The van der Waals surface area contributed by atoms with E-state index in [0.717, 1.165) is 21.8 Å². The first-order valence-corrected chi connectivity index (χ1v) is 10.1. The number of ether oxygens (including phenoxy) is 3. The van der Waals surface area contributed by atoms with E-state index in [-0.39, 0.29) is 0 Å². The first-order valence-electron chi connectivity index (χ1n) is 8.30. The van der Waals surface area contributed by atoms with E-state index in [1.54, 1.807) is 27.4 Å². The van der Waals surface area contributed by atoms with Gasteiger partial charge < -0.3 is 14.2 Å². The average Bonchev–Trinajstić information content (AvgIpc) is 3.13. The number of nitrogens with zero attached hydrogens (tertiary/aromatic N) is 2. The summed E-state index contributed by atoms with van der Waals surface area (Å²) in [6.45, 7) is 0. The van der Waals surface area contributed by atoms with Crippen LogP contribution in [0.1, 0.15) is 23.6 Å². The molecule has 0 unspecified atom stereocenters. The molecular weight excluding hydrogens is 368 g/mol. The van der Waals surface area contributed by atoms with Crippen LogP contribution in [0.2, 0.25) is 0 Å². The summed E-state index contributed by atoms with van der Waals surface area (Å²) in [6.07, 6.45) is 1.60. The molecule has 2 aromatic carbocycles. The van der Waals surface area contributed by atoms with E-state index >= 15 is 0 Å². The van der Waals surface area contributed by atoms with Crippen LogP contribution in [0.15, 0.2) is 47.6 Å². The largest absolute Gasteiger partial charge is 0.497 e. The van der Waals surface area contributed by atoms with E-state index in [0.29, 0.717) is 29.4 Å². The van der Waals surface area contributed by atoms with Gasteiger partial charge in [-0.2, -0.15) is 9.52 Å². The molecule has 2 aromatic rings. The SMILES string of the molecule is COc1ccc([C@@H]2CC(c3cc(OC)cc(OC)c3)=NN2S(C)(=O)=O)cc1. The topological polar surface area (TPSA) is 77.4 Å². The quantitative estimate of drug-likeness (QED) is 0.758. The fourth-order valence-corrected chi connectivity index (χ4v) is 3.92. The summed E-state index contributed by atoms with van der Waals surface area (Å²) in [4.78, 5) is 0. The van der Waals surface area contributed by atoms with Crippen LogP contribution >= 0.6 is 0 Å². The lowest BCUT2D eigenvalue weighted by Gasteiger charge is -2.21. The highest BCUT2D eigenvalue weighted by atomic mass is 32.2. The van der Waals surface area contributed by atoms with Gasteiger partial charge in [-0.1, -0.05) is 12.1 Å². The van der Waals surface area contributed by atoms with E-state index in [9.17, 15) is 8.42 Å². The third-order valence-electron chi connectivity index (χ3n) is 4.40. The maximum atomic E-state index is 12.3. The van der Waals surface area contributed by atoms with Crippen LogP contribution < -0.4 is 14.2 Å². The number of hydrazone groups is 1. The van der Waals surface area contributed by atoms with Crippen LogP contribution in [0, 0.1) is 0 Å². The summed E-state index contributed by atoms with van der Waals surface area (Å²) in [6, 6.07) is 12.3. The third kappa shape index (κ3) is 4.00. The second-order valence-electron chi connectivity index (χ2n) is 6.18. The number of rotatable bonds is 6. The zero-order valence-corrected chi connectivity index (χ0v) is 16.5. The predicted octanol–water partition coefficient (Wildman–Crippen LogP) is 2.82. The van der Waals surface area contributed by atoms with Crippen molar-refractivity contribution < 1.29 is 22.6 Å². The molecule has 1 aliphatic rings. The Morgan fingerprint density at radius 1 is 0.926 bits per heavy atom. The molecule has 1 heterocycles. The Morgan fingerprint density at radius 2 is 1.48 bits per heavy atom. The normalized spacial score (nSPS) is 16.8. The van der Waals surface area contributed by atoms with E-state index in [1.165, 1.54) is 0 Å². The highest BCUT2D eigenvalue weighted by Crippen LogP contribution is 2.36. The summed E-state index contributed by atoms with van der Waals surface area (Å²) < 4.78 is 41.6. The Kier molecular flexibility index (Phi) is 5.27. The van der Waals surface area contributed by atoms with Gasteiger partial charge >= 0.3 is 0 Å². The van der Waals surface area contributed by atoms with Crippen LogP contribution in [0.25, 0.3) is 0 Å². The molecule has 27 heavy (non-hydrogen) atoms. The second-order valence-corrected chi connectivity index (χ2v) is 8.02. The minimum Gasteiger partial charge on any atom is -0.497 e. The van der Waals surface area contributed by atoms with Crippen molar-refractivity contribution in [3.63, 3.8) is 0 Å². The van der Waals surface area contributed by atoms with Crippen LogP contribution in [0.5, 0.6) is 17.2 Å². The van der Waals surface area contributed by atoms with Gasteiger partial charge in [0.1, 0.15) is 17.2 Å². The fraction of sp³-hybridized carbons (Fsp3) is 0.316. The molecule has 0 N–H and O–H groups in total. The van der Waals surface area contributed by atoms with E-state index < -0.39 is 16.1 Å². The van der Waals surface area contributed by atoms with Gasteiger partial charge in [-0.3, -0.25) is 0 Å². The van der Waals surface area contributed by atoms with Crippen LogP contribution in [-0.2, 0) is 10.0 Å². The Hall–Kier alpha value is -2.74. The van der Waals surface area contributed by atoms with Gasteiger partial charge in [0.05, 0.1) is 39.3 Å². The average molecular weight is 390 g/mol. The Bertz CT molecular complexity index is 932. The van der Waals surface area contributed by atoms with Gasteiger partial charge in [0, 0.05) is 18.1 Å². The minimum atomic E-state index is -3.54. The molecule has 8 heteroatoms. The number of benzene rings is 2. The fourth-order valence-electron chi connectivity index (χ4n) is 3.02. The first kappa shape index (κ1) is 19.0. The molecule has 7 nitrogen and oxygen atoms in total. The highest BCUT2D eigenvalue weighted by molar-refractivity contribution is 7.88. The molecule has 0 saturated carbocycles. The molecule has 0 saturated heterocycles. The Labute approximate surface area is 159 Å². The van der Waals surface area contributed by atoms with Gasteiger partial charge in [0.25, 0.3) is 0 Å². The lowest BCUT2D eigenvalue weighted by atomic mass is 9.99. The van der Waals surface area contributed by atoms with Crippen molar-refractivity contribution in [3.8, 4) is 17.2 Å². The standard InChI is InChI=1S/C19H22N2O5S/c1-24-15-7-5-13(6-8-15)19-12-18(20-21(19)27(4,22)23)14-9-16(25-2)11-17(10-14)26-3/h5-11,19H,12H2,1-4H3/t19-/m0/s1. The molecule has 0 spiro atoms. The van der Waals surface area contributed by atoms with Gasteiger partial charge in [-0.05, 0) is 29.8 Å². The number of sulfonamides is 1. The summed E-state index contributed by atoms with van der Waals surface area (Å²) >= 11 is 0. The third-order valence-corrected chi connectivity index (χ3v) is 5.41. The van der Waals surface area contributed by atoms with Gasteiger partial charge in [0.15, 0.2) is 0 Å². The molecule has 0 radical (unpaired) electrons. The van der Waals surface area contributed by atoms with Crippen LogP contribution in [0.3, 0.4) is 0 Å². The summed E-state index contributed by atoms with van der Waals surface area (Å²) in [7, 11) is 1.19. The molecule has 1 aliphatic heterocycles. The summed E-state index contributed by atoms with van der Waals surface area (Å²) in [5.74, 6) is 1.94. The van der Waals surface area contributed by atoms with Crippen molar-refractivity contribution in [2.75, 3.05) is 27.6 Å². The first-order chi connectivity index (χ1) is 12.9. The lowest BCUT2D eigenvalue weighted by Crippen LogP contribution is -2.25. The molecule has 0 aliphatic carbocycles. The molecular formula is C19H22N2O5S. The molecule has 0 aromatic heterocycles. The van der Waals surface area contributed by atoms with E-state index in [2.05, 4.69) is 5.10 Å². The molecule has 144 valence electrons. The van der Waals surface area contributed by atoms with Gasteiger partial charge in [0.2, 0.25) is 10.0 Å². The van der Waals surface area contributed by atoms with Crippen molar-refractivity contribution in [1.82, 2.24) is 4.41 Å². The van der Waals surface area contributed by atoms with Crippen molar-refractivity contribution in [2.24, 2.45) is 5.10 Å². The smallest absolute Gasteiger partial charge is 0.247 e. The number of hydrogen-bond donors (Lipinski definition) is 0. The van der Waals surface area contributed by atoms with Crippen LogP contribution in [0.4, 0.5) is 0 Å². The number of hydrogen-bond acceptors (Lipinski definition) is 6. The molecule has 1 atom stereocenters. The van der Waals surface area contributed by atoms with Crippen molar-refractivity contribution in [2.45, 2.75) is 12.5 Å². The predicted molar refractivity (Wildman–Crippen MR) is 103 cm³/mol. The Morgan fingerprint density at radius 3 is 1.96 bits per heavy atom. The summed E-state index contributed by atoms with van der Waals surface area (Å²) in [5, 5.41) is 4.40. The van der Waals surface area contributed by atoms with Gasteiger partial charge in [-0.15, -0.1) is 0 Å². The highest BCUT2D eigenvalue weighted by Gasteiger charge is 2.34.